The molecule has 0 unspecified atom stereocenters. The number of thioether (sulfide) groups is 1. The molecular weight excluding hydrogens is 393 g/mol. The van der Waals surface area contributed by atoms with Crippen molar-refractivity contribution >= 4 is 11.8 Å². The first-order valence-corrected chi connectivity index (χ1v) is 10.1. The predicted octanol–water partition coefficient (Wildman–Crippen LogP) is 4.85. The number of rotatable bonds is 8. The van der Waals surface area contributed by atoms with Crippen LogP contribution in [0.25, 0.3) is 17.1 Å². The molecule has 0 radical (unpaired) electrons. The van der Waals surface area contributed by atoms with Gasteiger partial charge >= 0.3 is 0 Å². The van der Waals surface area contributed by atoms with Gasteiger partial charge in [-0.1, -0.05) is 37.7 Å². The quantitative estimate of drug-likeness (QED) is 0.489. The summed E-state index contributed by atoms with van der Waals surface area (Å²) >= 11 is 1.54. The average molecular weight is 418 g/mol. The van der Waals surface area contributed by atoms with Gasteiger partial charge in [0.1, 0.15) is 5.82 Å². The van der Waals surface area contributed by atoms with Crippen molar-refractivity contribution in [1.82, 2.24) is 14.8 Å². The molecule has 6 nitrogen and oxygen atoms in total. The summed E-state index contributed by atoms with van der Waals surface area (Å²) in [6.07, 6.45) is 0. The highest BCUT2D eigenvalue weighted by Gasteiger charge is 2.22. The Morgan fingerprint density at radius 1 is 1.00 bits per heavy atom. The van der Waals surface area contributed by atoms with Crippen molar-refractivity contribution in [2.45, 2.75) is 19.0 Å². The van der Waals surface area contributed by atoms with E-state index in [0.29, 0.717) is 45.4 Å². The van der Waals surface area contributed by atoms with Crippen molar-refractivity contribution in [1.29, 1.82) is 0 Å². The Hall–Kier alpha value is -2.74. The summed E-state index contributed by atoms with van der Waals surface area (Å²) in [5, 5.41) is 9.31. The van der Waals surface area contributed by atoms with Gasteiger partial charge < -0.3 is 14.2 Å². The zero-order valence-electron chi connectivity index (χ0n) is 17.1. The second kappa shape index (κ2) is 9.17. The molecule has 1 aromatic heterocycles. The molecule has 0 aliphatic carbocycles. The molecule has 0 atom stereocenters. The summed E-state index contributed by atoms with van der Waals surface area (Å²) in [7, 11) is 4.64. The third-order valence-corrected chi connectivity index (χ3v) is 5.55. The Labute approximate surface area is 174 Å². The van der Waals surface area contributed by atoms with Gasteiger partial charge in [0.15, 0.2) is 22.5 Å². The van der Waals surface area contributed by atoms with Gasteiger partial charge in [0.05, 0.1) is 27.0 Å². The average Bonchev–Trinajstić information content (AvgIpc) is 3.15. The van der Waals surface area contributed by atoms with E-state index >= 15 is 0 Å². The molecule has 8 heteroatoms. The predicted molar refractivity (Wildman–Crippen MR) is 112 cm³/mol. The molecular formula is C21H24FN3O3S. The lowest BCUT2D eigenvalue weighted by Gasteiger charge is -2.15. The summed E-state index contributed by atoms with van der Waals surface area (Å²) in [4.78, 5) is 0. The first kappa shape index (κ1) is 21.0. The molecule has 0 spiro atoms. The van der Waals surface area contributed by atoms with E-state index in [1.165, 1.54) is 17.8 Å². The molecule has 154 valence electrons. The van der Waals surface area contributed by atoms with Crippen LogP contribution in [0.2, 0.25) is 0 Å². The van der Waals surface area contributed by atoms with Gasteiger partial charge in [-0.25, -0.2) is 4.39 Å². The number of halogens is 1. The molecule has 0 amide bonds. The third-order valence-electron chi connectivity index (χ3n) is 4.20. The number of methoxy groups -OCH3 is 3. The van der Waals surface area contributed by atoms with E-state index in [1.54, 1.807) is 56.2 Å². The third kappa shape index (κ3) is 4.32. The fraction of sp³-hybridized carbons (Fsp3) is 0.333. The van der Waals surface area contributed by atoms with Crippen LogP contribution in [0, 0.1) is 11.7 Å². The van der Waals surface area contributed by atoms with Gasteiger partial charge in [0.2, 0.25) is 5.75 Å². The minimum absolute atomic E-state index is 0.354. The largest absolute Gasteiger partial charge is 0.493 e. The van der Waals surface area contributed by atoms with E-state index in [0.717, 1.165) is 5.75 Å². The molecule has 0 fully saturated rings. The van der Waals surface area contributed by atoms with Gasteiger partial charge in [-0.05, 0) is 30.2 Å². The Bertz CT molecular complexity index is 966. The molecule has 0 saturated heterocycles. The number of hydrogen-bond donors (Lipinski definition) is 0. The van der Waals surface area contributed by atoms with E-state index < -0.39 is 0 Å². The fourth-order valence-electron chi connectivity index (χ4n) is 2.85. The van der Waals surface area contributed by atoms with Crippen LogP contribution in [0.4, 0.5) is 4.39 Å². The zero-order chi connectivity index (χ0) is 21.0. The number of benzene rings is 2. The maximum Gasteiger partial charge on any atom is 0.203 e. The van der Waals surface area contributed by atoms with Gasteiger partial charge in [-0.3, -0.25) is 4.57 Å². The number of ether oxygens (including phenoxy) is 3. The molecule has 29 heavy (non-hydrogen) atoms. The molecule has 3 aromatic rings. The van der Waals surface area contributed by atoms with Gasteiger partial charge in [0, 0.05) is 11.3 Å². The lowest BCUT2D eigenvalue weighted by Crippen LogP contribution is -2.04. The van der Waals surface area contributed by atoms with Crippen LogP contribution in [-0.2, 0) is 0 Å². The number of nitrogens with zero attached hydrogens (tertiary/aromatic N) is 3. The minimum atomic E-state index is -0.354. The molecule has 1 heterocycles. The van der Waals surface area contributed by atoms with Crippen molar-refractivity contribution < 1.29 is 18.6 Å². The van der Waals surface area contributed by atoms with Crippen LogP contribution in [0.15, 0.2) is 41.6 Å². The standard InChI is InChI=1S/C21H24FN3O3S/c1-13(2)12-29-21-24-23-20(25(21)16-9-7-6-8-15(16)22)14-10-17(26-3)19(28-5)18(11-14)27-4/h6-11,13H,12H2,1-5H3. The van der Waals surface area contributed by atoms with Crippen molar-refractivity contribution in [3.05, 3.63) is 42.2 Å². The summed E-state index contributed by atoms with van der Waals surface area (Å²) in [5.41, 5.74) is 1.05. The fourth-order valence-corrected chi connectivity index (χ4v) is 3.75. The lowest BCUT2D eigenvalue weighted by molar-refractivity contribution is 0.324. The monoisotopic (exact) mass is 417 g/mol. The molecule has 2 aromatic carbocycles. The summed E-state index contributed by atoms with van der Waals surface area (Å²) in [6.45, 7) is 4.24. The first-order valence-electron chi connectivity index (χ1n) is 9.13. The Balaban J connectivity index is 2.21. The zero-order valence-corrected chi connectivity index (χ0v) is 17.9. The smallest absolute Gasteiger partial charge is 0.203 e. The van der Waals surface area contributed by atoms with Crippen LogP contribution in [0.1, 0.15) is 13.8 Å². The van der Waals surface area contributed by atoms with Crippen LogP contribution < -0.4 is 14.2 Å². The van der Waals surface area contributed by atoms with Crippen LogP contribution in [0.5, 0.6) is 17.2 Å². The molecule has 0 aliphatic heterocycles. The van der Waals surface area contributed by atoms with E-state index in [2.05, 4.69) is 24.0 Å². The number of hydrogen-bond acceptors (Lipinski definition) is 6. The number of aromatic nitrogens is 3. The van der Waals surface area contributed by atoms with Gasteiger partial charge in [-0.15, -0.1) is 10.2 Å². The van der Waals surface area contributed by atoms with Crippen LogP contribution in [-0.4, -0.2) is 41.8 Å². The van der Waals surface area contributed by atoms with Crippen molar-refractivity contribution in [3.8, 4) is 34.3 Å². The summed E-state index contributed by atoms with van der Waals surface area (Å²) in [6, 6.07) is 10.1. The lowest BCUT2D eigenvalue weighted by atomic mass is 10.1. The van der Waals surface area contributed by atoms with E-state index in [-0.39, 0.29) is 5.82 Å². The van der Waals surface area contributed by atoms with Gasteiger partial charge in [0.25, 0.3) is 0 Å². The Morgan fingerprint density at radius 3 is 2.21 bits per heavy atom. The highest BCUT2D eigenvalue weighted by molar-refractivity contribution is 7.99. The Kier molecular flexibility index (Phi) is 6.64. The first-order chi connectivity index (χ1) is 14.0. The van der Waals surface area contributed by atoms with Crippen molar-refractivity contribution in [2.75, 3.05) is 27.1 Å². The van der Waals surface area contributed by atoms with E-state index in [9.17, 15) is 4.39 Å². The van der Waals surface area contributed by atoms with Crippen LogP contribution in [0.3, 0.4) is 0 Å². The normalized spacial score (nSPS) is 11.0. The second-order valence-electron chi connectivity index (χ2n) is 6.71. The van der Waals surface area contributed by atoms with Crippen molar-refractivity contribution in [3.63, 3.8) is 0 Å². The summed E-state index contributed by atoms with van der Waals surface area (Å²) in [5.74, 6) is 2.87. The van der Waals surface area contributed by atoms with E-state index in [1.807, 2.05) is 0 Å². The maximum absolute atomic E-state index is 14.7. The SMILES string of the molecule is COc1cc(-c2nnc(SCC(C)C)n2-c2ccccc2F)cc(OC)c1OC. The van der Waals surface area contributed by atoms with Crippen molar-refractivity contribution in [2.24, 2.45) is 5.92 Å². The molecule has 0 aliphatic rings. The maximum atomic E-state index is 14.7. The minimum Gasteiger partial charge on any atom is -0.493 e. The highest BCUT2D eigenvalue weighted by atomic mass is 32.2. The Morgan fingerprint density at radius 2 is 1.66 bits per heavy atom. The molecule has 0 N–H and O–H groups in total. The van der Waals surface area contributed by atoms with Crippen LogP contribution >= 0.6 is 11.8 Å². The summed E-state index contributed by atoms with van der Waals surface area (Å²) < 4.78 is 32.7. The molecule has 3 rings (SSSR count). The molecule has 0 saturated carbocycles. The number of para-hydroxylation sites is 1. The second-order valence-corrected chi connectivity index (χ2v) is 7.70. The topological polar surface area (TPSA) is 58.4 Å². The molecule has 0 bridgehead atoms. The van der Waals surface area contributed by atoms with Gasteiger partial charge in [-0.2, -0.15) is 0 Å². The highest BCUT2D eigenvalue weighted by Crippen LogP contribution is 2.42. The van der Waals surface area contributed by atoms with E-state index in [4.69, 9.17) is 14.2 Å².